The lowest BCUT2D eigenvalue weighted by molar-refractivity contribution is -0.116. The van der Waals surface area contributed by atoms with E-state index in [1.54, 1.807) is 0 Å². The molecule has 0 aromatic heterocycles. The fourth-order valence-corrected chi connectivity index (χ4v) is 1.74. The lowest BCUT2D eigenvalue weighted by Gasteiger charge is -2.15. The van der Waals surface area contributed by atoms with E-state index in [-0.39, 0.29) is 11.9 Å². The highest BCUT2D eigenvalue weighted by Crippen LogP contribution is 2.11. The van der Waals surface area contributed by atoms with Gasteiger partial charge in [-0.15, -0.1) is 0 Å². The quantitative estimate of drug-likeness (QED) is 0.877. The minimum atomic E-state index is -0.289. The van der Waals surface area contributed by atoms with Crippen molar-refractivity contribution in [2.45, 2.75) is 19.9 Å². The molecule has 0 aliphatic heterocycles. The zero-order valence-corrected chi connectivity index (χ0v) is 11.2. The average molecular weight is 254 g/mol. The maximum absolute atomic E-state index is 12.0. The van der Waals surface area contributed by atoms with Crippen molar-refractivity contribution in [1.82, 2.24) is 0 Å². The molecule has 1 atom stereocenters. The summed E-state index contributed by atoms with van der Waals surface area (Å²) in [4.78, 5) is 12.0. The Morgan fingerprint density at radius 1 is 0.947 bits per heavy atom. The van der Waals surface area contributed by atoms with E-state index < -0.39 is 0 Å². The van der Waals surface area contributed by atoms with Crippen LogP contribution in [-0.4, -0.2) is 11.9 Å². The van der Waals surface area contributed by atoms with Crippen LogP contribution >= 0.6 is 0 Å². The van der Waals surface area contributed by atoms with E-state index in [9.17, 15) is 4.79 Å². The molecule has 3 heteroatoms. The van der Waals surface area contributed by atoms with Gasteiger partial charge in [0.15, 0.2) is 0 Å². The standard InChI is InChI=1S/C16H18N2O/c1-12-8-10-15(11-9-12)17-13(2)16(19)18-14-6-4-3-5-7-14/h3-11,13,17H,1-2H3,(H,18,19). The van der Waals surface area contributed by atoms with Gasteiger partial charge in [0.1, 0.15) is 6.04 Å². The van der Waals surface area contributed by atoms with Gasteiger partial charge in [-0.2, -0.15) is 0 Å². The van der Waals surface area contributed by atoms with Gasteiger partial charge in [0.2, 0.25) is 5.91 Å². The van der Waals surface area contributed by atoms with Crippen LogP contribution in [0.15, 0.2) is 54.6 Å². The molecule has 0 bridgehead atoms. The van der Waals surface area contributed by atoms with Crippen LogP contribution in [0.1, 0.15) is 12.5 Å². The first-order chi connectivity index (χ1) is 9.15. The molecule has 2 N–H and O–H groups in total. The Kier molecular flexibility index (Phi) is 4.18. The van der Waals surface area contributed by atoms with Crippen molar-refractivity contribution in [1.29, 1.82) is 0 Å². The summed E-state index contributed by atoms with van der Waals surface area (Å²) in [7, 11) is 0. The summed E-state index contributed by atoms with van der Waals surface area (Å²) in [5, 5.41) is 6.05. The highest BCUT2D eigenvalue weighted by Gasteiger charge is 2.12. The zero-order chi connectivity index (χ0) is 13.7. The SMILES string of the molecule is Cc1ccc(NC(C)C(=O)Nc2ccccc2)cc1. The topological polar surface area (TPSA) is 41.1 Å². The number of amides is 1. The molecule has 19 heavy (non-hydrogen) atoms. The first-order valence-electron chi connectivity index (χ1n) is 6.34. The summed E-state index contributed by atoms with van der Waals surface area (Å²) >= 11 is 0. The van der Waals surface area contributed by atoms with Crippen LogP contribution in [0.5, 0.6) is 0 Å². The predicted molar refractivity (Wildman–Crippen MR) is 79.3 cm³/mol. The highest BCUT2D eigenvalue weighted by molar-refractivity contribution is 5.96. The zero-order valence-electron chi connectivity index (χ0n) is 11.2. The number of para-hydroxylation sites is 1. The van der Waals surface area contributed by atoms with Gasteiger partial charge in [0, 0.05) is 11.4 Å². The smallest absolute Gasteiger partial charge is 0.246 e. The van der Waals surface area contributed by atoms with E-state index in [2.05, 4.69) is 10.6 Å². The van der Waals surface area contributed by atoms with Gasteiger partial charge < -0.3 is 10.6 Å². The number of benzene rings is 2. The first-order valence-corrected chi connectivity index (χ1v) is 6.34. The summed E-state index contributed by atoms with van der Waals surface area (Å²) in [5.74, 6) is -0.0493. The van der Waals surface area contributed by atoms with Crippen molar-refractivity contribution in [2.75, 3.05) is 10.6 Å². The molecule has 0 aliphatic rings. The maximum atomic E-state index is 12.0. The summed E-state index contributed by atoms with van der Waals surface area (Å²) in [5.41, 5.74) is 2.96. The predicted octanol–water partition coefficient (Wildman–Crippen LogP) is 3.43. The highest BCUT2D eigenvalue weighted by atomic mass is 16.2. The van der Waals surface area contributed by atoms with Crippen LogP contribution < -0.4 is 10.6 Å². The largest absolute Gasteiger partial charge is 0.374 e. The van der Waals surface area contributed by atoms with Crippen LogP contribution in [0.4, 0.5) is 11.4 Å². The van der Waals surface area contributed by atoms with Crippen molar-refractivity contribution in [2.24, 2.45) is 0 Å². The second-order valence-electron chi connectivity index (χ2n) is 4.59. The normalized spacial score (nSPS) is 11.7. The van der Waals surface area contributed by atoms with E-state index in [1.165, 1.54) is 5.56 Å². The van der Waals surface area contributed by atoms with Crippen LogP contribution in [-0.2, 0) is 4.79 Å². The molecule has 1 amide bonds. The Bertz CT molecular complexity index is 534. The number of hydrogen-bond donors (Lipinski definition) is 2. The van der Waals surface area contributed by atoms with Gasteiger partial charge in [0.25, 0.3) is 0 Å². The molecule has 0 radical (unpaired) electrons. The molecule has 0 heterocycles. The summed E-state index contributed by atoms with van der Waals surface area (Å²) in [6.45, 7) is 3.88. The maximum Gasteiger partial charge on any atom is 0.246 e. The fourth-order valence-electron chi connectivity index (χ4n) is 1.74. The lowest BCUT2D eigenvalue weighted by Crippen LogP contribution is -2.31. The summed E-state index contributed by atoms with van der Waals surface area (Å²) < 4.78 is 0. The van der Waals surface area contributed by atoms with Gasteiger partial charge in [0.05, 0.1) is 0 Å². The molecule has 0 saturated carbocycles. The monoisotopic (exact) mass is 254 g/mol. The van der Waals surface area contributed by atoms with Crippen molar-refractivity contribution in [3.8, 4) is 0 Å². The number of carbonyl (C=O) groups is 1. The lowest BCUT2D eigenvalue weighted by atomic mass is 10.2. The minimum absolute atomic E-state index is 0.0493. The summed E-state index contributed by atoms with van der Waals surface area (Å²) in [6, 6.07) is 17.2. The molecular formula is C16H18N2O. The van der Waals surface area contributed by atoms with Crippen molar-refractivity contribution < 1.29 is 4.79 Å². The van der Waals surface area contributed by atoms with Crippen LogP contribution in [0, 0.1) is 6.92 Å². The Labute approximate surface area is 113 Å². The van der Waals surface area contributed by atoms with Gasteiger partial charge in [-0.05, 0) is 38.1 Å². The Morgan fingerprint density at radius 3 is 2.21 bits per heavy atom. The molecule has 2 aromatic rings. The van der Waals surface area contributed by atoms with Crippen molar-refractivity contribution >= 4 is 17.3 Å². The molecule has 98 valence electrons. The van der Waals surface area contributed by atoms with Gasteiger partial charge >= 0.3 is 0 Å². The van der Waals surface area contributed by atoms with Crippen molar-refractivity contribution in [3.05, 3.63) is 60.2 Å². The molecular weight excluding hydrogens is 236 g/mol. The Balaban J connectivity index is 1.94. The third-order valence-corrected chi connectivity index (χ3v) is 2.87. The molecule has 2 rings (SSSR count). The van der Waals surface area contributed by atoms with E-state index in [1.807, 2.05) is 68.4 Å². The number of anilines is 2. The molecule has 2 aromatic carbocycles. The van der Waals surface area contributed by atoms with E-state index >= 15 is 0 Å². The van der Waals surface area contributed by atoms with Crippen LogP contribution in [0.2, 0.25) is 0 Å². The minimum Gasteiger partial charge on any atom is -0.374 e. The van der Waals surface area contributed by atoms with Crippen molar-refractivity contribution in [3.63, 3.8) is 0 Å². The molecule has 0 spiro atoms. The average Bonchev–Trinajstić information content (AvgIpc) is 2.42. The second kappa shape index (κ2) is 6.05. The molecule has 0 aliphatic carbocycles. The van der Waals surface area contributed by atoms with Gasteiger partial charge in [-0.3, -0.25) is 4.79 Å². The van der Waals surface area contributed by atoms with Crippen LogP contribution in [0.25, 0.3) is 0 Å². The first kappa shape index (κ1) is 13.1. The molecule has 1 unspecified atom stereocenters. The van der Waals surface area contributed by atoms with E-state index in [0.717, 1.165) is 11.4 Å². The van der Waals surface area contributed by atoms with E-state index in [0.29, 0.717) is 0 Å². The third-order valence-electron chi connectivity index (χ3n) is 2.87. The number of carbonyl (C=O) groups excluding carboxylic acids is 1. The second-order valence-corrected chi connectivity index (χ2v) is 4.59. The van der Waals surface area contributed by atoms with Crippen LogP contribution in [0.3, 0.4) is 0 Å². The molecule has 0 fully saturated rings. The number of aryl methyl sites for hydroxylation is 1. The summed E-state index contributed by atoms with van der Waals surface area (Å²) in [6.07, 6.45) is 0. The number of hydrogen-bond acceptors (Lipinski definition) is 2. The Morgan fingerprint density at radius 2 is 1.58 bits per heavy atom. The molecule has 0 saturated heterocycles. The van der Waals surface area contributed by atoms with Gasteiger partial charge in [-0.1, -0.05) is 35.9 Å². The Hall–Kier alpha value is -2.29. The van der Waals surface area contributed by atoms with Gasteiger partial charge in [-0.25, -0.2) is 0 Å². The van der Waals surface area contributed by atoms with E-state index in [4.69, 9.17) is 0 Å². The third kappa shape index (κ3) is 3.85. The molecule has 3 nitrogen and oxygen atoms in total. The number of nitrogens with one attached hydrogen (secondary N) is 2. The number of rotatable bonds is 4. The fraction of sp³-hybridized carbons (Fsp3) is 0.188.